The molecule has 1 unspecified atom stereocenters. The zero-order valence-electron chi connectivity index (χ0n) is 10.1. The molecule has 0 spiro atoms. The number of hydrogen-bond acceptors (Lipinski definition) is 4. The van der Waals surface area contributed by atoms with Gasteiger partial charge in [-0.15, -0.1) is 0 Å². The normalized spacial score (nSPS) is 12.3. The van der Waals surface area contributed by atoms with Crippen molar-refractivity contribution in [3.05, 3.63) is 60.2 Å². The van der Waals surface area contributed by atoms with Crippen molar-refractivity contribution in [2.75, 3.05) is 5.75 Å². The van der Waals surface area contributed by atoms with Gasteiger partial charge in [0.1, 0.15) is 5.75 Å². The fourth-order valence-electron chi connectivity index (χ4n) is 1.80. The van der Waals surface area contributed by atoms with Gasteiger partial charge in [-0.05, 0) is 35.4 Å². The lowest BCUT2D eigenvalue weighted by Gasteiger charge is -2.16. The Kier molecular flexibility index (Phi) is 4.35. The third-order valence-corrected chi connectivity index (χ3v) is 4.20. The van der Waals surface area contributed by atoms with Crippen molar-refractivity contribution in [3.8, 4) is 0 Å². The van der Waals surface area contributed by atoms with Gasteiger partial charge in [-0.3, -0.25) is 19.0 Å². The molecule has 19 heavy (non-hydrogen) atoms. The Bertz CT molecular complexity index is 535. The first-order valence-electron chi connectivity index (χ1n) is 5.64. The van der Waals surface area contributed by atoms with Gasteiger partial charge in [0.25, 0.3) is 0 Å². The molecule has 1 amide bonds. The van der Waals surface area contributed by atoms with Gasteiger partial charge < -0.3 is 5.73 Å². The predicted molar refractivity (Wildman–Crippen MR) is 72.5 cm³/mol. The van der Waals surface area contributed by atoms with E-state index < -0.39 is 22.0 Å². The van der Waals surface area contributed by atoms with E-state index in [1.165, 1.54) is 0 Å². The molecule has 0 aliphatic rings. The molecule has 0 radical (unpaired) electrons. The maximum Gasteiger partial charge on any atom is 0.230 e. The van der Waals surface area contributed by atoms with E-state index in [-0.39, 0.29) is 5.75 Å². The van der Waals surface area contributed by atoms with Crippen molar-refractivity contribution < 1.29 is 9.00 Å². The second-order valence-corrected chi connectivity index (χ2v) is 5.45. The monoisotopic (exact) mass is 275 g/mol. The molecular formula is C13H13N3O2S. The first-order valence-corrected chi connectivity index (χ1v) is 7.02. The number of pyridine rings is 2. The van der Waals surface area contributed by atoms with Crippen LogP contribution in [-0.4, -0.2) is 25.8 Å². The Labute approximate surface area is 113 Å². The van der Waals surface area contributed by atoms with Gasteiger partial charge in [0.05, 0.1) is 5.25 Å². The molecule has 6 heteroatoms. The van der Waals surface area contributed by atoms with E-state index in [1.54, 1.807) is 49.1 Å². The zero-order valence-corrected chi connectivity index (χ0v) is 10.9. The third-order valence-electron chi connectivity index (χ3n) is 2.57. The highest BCUT2D eigenvalue weighted by molar-refractivity contribution is 7.86. The first-order chi connectivity index (χ1) is 9.18. The number of rotatable bonds is 5. The SMILES string of the molecule is NC(=O)CS(=O)C(c1ccncc1)c1ccncc1. The topological polar surface area (TPSA) is 85.9 Å². The van der Waals surface area contributed by atoms with Crippen LogP contribution < -0.4 is 5.73 Å². The number of carbonyl (C=O) groups excluding carboxylic acids is 1. The first kappa shape index (κ1) is 13.4. The molecule has 2 rings (SSSR count). The summed E-state index contributed by atoms with van der Waals surface area (Å²) in [6.07, 6.45) is 6.52. The molecule has 98 valence electrons. The van der Waals surface area contributed by atoms with Gasteiger partial charge in [0, 0.05) is 35.6 Å². The molecule has 0 bridgehead atoms. The largest absolute Gasteiger partial charge is 0.369 e. The summed E-state index contributed by atoms with van der Waals surface area (Å²) in [6.45, 7) is 0. The van der Waals surface area contributed by atoms with Crippen molar-refractivity contribution in [1.29, 1.82) is 0 Å². The number of primary amides is 1. The van der Waals surface area contributed by atoms with Crippen LogP contribution in [0.2, 0.25) is 0 Å². The summed E-state index contributed by atoms with van der Waals surface area (Å²) in [5.74, 6) is -0.749. The average molecular weight is 275 g/mol. The summed E-state index contributed by atoms with van der Waals surface area (Å²) in [6, 6.07) is 7.13. The Morgan fingerprint density at radius 3 is 1.84 bits per heavy atom. The predicted octanol–water partition coefficient (Wildman–Crippen LogP) is 0.800. The van der Waals surface area contributed by atoms with Crippen molar-refractivity contribution in [3.63, 3.8) is 0 Å². The summed E-state index contributed by atoms with van der Waals surface area (Å²) in [4.78, 5) is 18.9. The van der Waals surface area contributed by atoms with Gasteiger partial charge in [0.15, 0.2) is 0 Å². The van der Waals surface area contributed by atoms with E-state index in [4.69, 9.17) is 5.73 Å². The minimum Gasteiger partial charge on any atom is -0.369 e. The molecule has 0 aromatic carbocycles. The van der Waals surface area contributed by atoms with Crippen LogP contribution >= 0.6 is 0 Å². The van der Waals surface area contributed by atoms with E-state index in [0.29, 0.717) is 0 Å². The quantitative estimate of drug-likeness (QED) is 0.874. The van der Waals surface area contributed by atoms with Crippen molar-refractivity contribution >= 4 is 16.7 Å². The number of aromatic nitrogens is 2. The summed E-state index contributed by atoms with van der Waals surface area (Å²) >= 11 is 0. The Balaban J connectivity index is 2.40. The number of hydrogen-bond donors (Lipinski definition) is 1. The van der Waals surface area contributed by atoms with Crippen LogP contribution in [-0.2, 0) is 15.6 Å². The molecule has 5 nitrogen and oxygen atoms in total. The number of nitrogens with zero attached hydrogens (tertiary/aromatic N) is 2. The summed E-state index contributed by atoms with van der Waals surface area (Å²) < 4.78 is 12.3. The second kappa shape index (κ2) is 6.19. The second-order valence-electron chi connectivity index (χ2n) is 3.93. The fraction of sp³-hybridized carbons (Fsp3) is 0.154. The van der Waals surface area contributed by atoms with Gasteiger partial charge >= 0.3 is 0 Å². The number of amides is 1. The van der Waals surface area contributed by atoms with Crippen LogP contribution in [0.3, 0.4) is 0 Å². The highest BCUT2D eigenvalue weighted by Crippen LogP contribution is 2.27. The molecule has 0 aliphatic heterocycles. The highest BCUT2D eigenvalue weighted by Gasteiger charge is 2.22. The van der Waals surface area contributed by atoms with Gasteiger partial charge in [-0.1, -0.05) is 0 Å². The Morgan fingerprint density at radius 2 is 1.47 bits per heavy atom. The fourth-order valence-corrected chi connectivity index (χ4v) is 3.16. The molecular weight excluding hydrogens is 262 g/mol. The van der Waals surface area contributed by atoms with Crippen molar-refractivity contribution in [2.24, 2.45) is 5.73 Å². The van der Waals surface area contributed by atoms with E-state index in [0.717, 1.165) is 11.1 Å². The minimum absolute atomic E-state index is 0.171. The zero-order chi connectivity index (χ0) is 13.7. The number of nitrogens with two attached hydrogens (primary N) is 1. The third kappa shape index (κ3) is 3.45. The van der Waals surface area contributed by atoms with E-state index >= 15 is 0 Å². The summed E-state index contributed by atoms with van der Waals surface area (Å²) in [5, 5.41) is -0.404. The van der Waals surface area contributed by atoms with Crippen LogP contribution in [0.15, 0.2) is 49.1 Å². The van der Waals surface area contributed by atoms with E-state index in [1.807, 2.05) is 0 Å². The van der Waals surface area contributed by atoms with Crippen LogP contribution in [0.4, 0.5) is 0 Å². The molecule has 2 aromatic heterocycles. The van der Waals surface area contributed by atoms with E-state index in [2.05, 4.69) is 9.97 Å². The summed E-state index contributed by atoms with van der Waals surface area (Å²) in [5.41, 5.74) is 6.80. The van der Waals surface area contributed by atoms with Crippen LogP contribution in [0.1, 0.15) is 16.4 Å². The Hall–Kier alpha value is -2.08. The molecule has 0 saturated heterocycles. The maximum atomic E-state index is 12.3. The average Bonchev–Trinajstić information content (AvgIpc) is 2.40. The highest BCUT2D eigenvalue weighted by atomic mass is 32.2. The molecule has 2 N–H and O–H groups in total. The molecule has 1 atom stereocenters. The smallest absolute Gasteiger partial charge is 0.230 e. The lowest BCUT2D eigenvalue weighted by molar-refractivity contribution is -0.115. The van der Waals surface area contributed by atoms with Crippen LogP contribution in [0.5, 0.6) is 0 Å². The van der Waals surface area contributed by atoms with Crippen molar-refractivity contribution in [1.82, 2.24) is 9.97 Å². The maximum absolute atomic E-state index is 12.3. The van der Waals surface area contributed by atoms with Crippen molar-refractivity contribution in [2.45, 2.75) is 5.25 Å². The molecule has 0 fully saturated rings. The number of carbonyl (C=O) groups is 1. The molecule has 2 heterocycles. The van der Waals surface area contributed by atoms with Crippen LogP contribution in [0.25, 0.3) is 0 Å². The minimum atomic E-state index is -1.42. The lowest BCUT2D eigenvalue weighted by Crippen LogP contribution is -2.23. The standard InChI is InChI=1S/C13H13N3O2S/c14-12(17)9-19(18)13(10-1-5-15-6-2-10)11-3-7-16-8-4-11/h1-8,13H,9H2,(H2,14,17). The van der Waals surface area contributed by atoms with E-state index in [9.17, 15) is 9.00 Å². The molecule has 0 aliphatic carbocycles. The van der Waals surface area contributed by atoms with Gasteiger partial charge in [-0.2, -0.15) is 0 Å². The van der Waals surface area contributed by atoms with Gasteiger partial charge in [0.2, 0.25) is 5.91 Å². The van der Waals surface area contributed by atoms with Gasteiger partial charge in [-0.25, -0.2) is 0 Å². The summed E-state index contributed by atoms with van der Waals surface area (Å²) in [7, 11) is -1.42. The Morgan fingerprint density at radius 1 is 1.05 bits per heavy atom. The van der Waals surface area contributed by atoms with Crippen LogP contribution in [0, 0.1) is 0 Å². The molecule has 0 saturated carbocycles. The lowest BCUT2D eigenvalue weighted by atomic mass is 10.1. The molecule has 2 aromatic rings.